The first-order valence-electron chi connectivity index (χ1n) is 9.50. The molecule has 0 saturated heterocycles. The number of aryl methyl sites for hydroxylation is 1. The number of fused-ring (bicyclic) bond motifs is 1. The molecule has 0 aliphatic heterocycles. The van der Waals surface area contributed by atoms with Crippen molar-refractivity contribution in [2.24, 2.45) is 0 Å². The highest BCUT2D eigenvalue weighted by atomic mass is 35.5. The Kier molecular flexibility index (Phi) is 6.13. The van der Waals surface area contributed by atoms with E-state index in [9.17, 15) is 13.2 Å². The molecule has 6 nitrogen and oxygen atoms in total. The minimum absolute atomic E-state index is 0.157. The molecule has 0 aliphatic rings. The third kappa shape index (κ3) is 4.98. The molecule has 0 fully saturated rings. The molecule has 2 heterocycles. The number of rotatable bonds is 7. The minimum atomic E-state index is -3.59. The van der Waals surface area contributed by atoms with E-state index in [1.165, 1.54) is 22.5 Å². The zero-order valence-corrected chi connectivity index (χ0v) is 19.0. The van der Waals surface area contributed by atoms with Crippen LogP contribution in [0.15, 0.2) is 70.2 Å². The second-order valence-electron chi connectivity index (χ2n) is 7.05. The number of benzene rings is 2. The van der Waals surface area contributed by atoms with Gasteiger partial charge in [0.15, 0.2) is 15.0 Å². The van der Waals surface area contributed by atoms with Crippen molar-refractivity contribution >= 4 is 54.0 Å². The summed E-state index contributed by atoms with van der Waals surface area (Å²) in [6.07, 6.45) is 1.35. The van der Waals surface area contributed by atoms with E-state index in [0.717, 1.165) is 10.3 Å². The van der Waals surface area contributed by atoms with Crippen LogP contribution in [-0.2, 0) is 21.2 Å². The Hall–Kier alpha value is -2.68. The van der Waals surface area contributed by atoms with E-state index in [2.05, 4.69) is 4.98 Å². The Morgan fingerprint density at radius 3 is 2.65 bits per heavy atom. The van der Waals surface area contributed by atoms with Crippen LogP contribution in [0.2, 0.25) is 5.02 Å². The van der Waals surface area contributed by atoms with E-state index in [1.54, 1.807) is 54.6 Å². The highest BCUT2D eigenvalue weighted by Gasteiger charge is 2.24. The van der Waals surface area contributed by atoms with E-state index in [4.69, 9.17) is 16.0 Å². The van der Waals surface area contributed by atoms with Gasteiger partial charge in [0.25, 0.3) is 0 Å². The molecular formula is C22H19ClN2O4S2. The van der Waals surface area contributed by atoms with Gasteiger partial charge in [-0.15, -0.1) is 0 Å². The fourth-order valence-corrected chi connectivity index (χ4v) is 5.53. The normalized spacial score (nSPS) is 11.7. The van der Waals surface area contributed by atoms with Crippen molar-refractivity contribution in [3.05, 3.63) is 77.2 Å². The number of thiazole rings is 1. The molecule has 4 rings (SSSR count). The molecule has 0 saturated carbocycles. The van der Waals surface area contributed by atoms with Gasteiger partial charge in [-0.1, -0.05) is 40.6 Å². The molecule has 0 spiro atoms. The summed E-state index contributed by atoms with van der Waals surface area (Å²) in [4.78, 5) is 19.3. The van der Waals surface area contributed by atoms with Crippen molar-refractivity contribution in [3.8, 4) is 0 Å². The molecule has 2 aromatic heterocycles. The van der Waals surface area contributed by atoms with E-state index in [1.807, 2.05) is 6.92 Å². The minimum Gasteiger partial charge on any atom is -0.467 e. The average Bonchev–Trinajstić information content (AvgIpc) is 3.39. The van der Waals surface area contributed by atoms with Crippen LogP contribution in [0, 0.1) is 6.92 Å². The maximum absolute atomic E-state index is 13.1. The van der Waals surface area contributed by atoms with Crippen molar-refractivity contribution in [1.82, 2.24) is 4.98 Å². The van der Waals surface area contributed by atoms with Gasteiger partial charge in [0.2, 0.25) is 5.91 Å². The number of halogens is 1. The second-order valence-corrected chi connectivity index (χ2v) is 10.6. The number of hydrogen-bond donors (Lipinski definition) is 0. The first kappa shape index (κ1) is 21.5. The Bertz CT molecular complexity index is 1310. The smallest absolute Gasteiger partial charge is 0.230 e. The van der Waals surface area contributed by atoms with E-state index in [0.29, 0.717) is 21.4 Å². The Labute approximate surface area is 189 Å². The summed E-state index contributed by atoms with van der Waals surface area (Å²) in [5, 5.41) is 1.04. The van der Waals surface area contributed by atoms with Gasteiger partial charge in [-0.25, -0.2) is 13.4 Å². The van der Waals surface area contributed by atoms with Gasteiger partial charge in [-0.05, 0) is 49.4 Å². The van der Waals surface area contributed by atoms with Gasteiger partial charge in [0, 0.05) is 11.4 Å². The second kappa shape index (κ2) is 8.82. The van der Waals surface area contributed by atoms with Gasteiger partial charge in [-0.2, -0.15) is 0 Å². The summed E-state index contributed by atoms with van der Waals surface area (Å²) in [5.74, 6) is -0.0652. The van der Waals surface area contributed by atoms with Crippen LogP contribution < -0.4 is 4.90 Å². The lowest BCUT2D eigenvalue weighted by molar-refractivity contribution is -0.118. The fourth-order valence-electron chi connectivity index (χ4n) is 3.04. The number of anilines is 1. The molecule has 1 amide bonds. The lowest BCUT2D eigenvalue weighted by Crippen LogP contribution is -2.31. The zero-order valence-electron chi connectivity index (χ0n) is 16.6. The van der Waals surface area contributed by atoms with Crippen molar-refractivity contribution in [1.29, 1.82) is 0 Å². The average molecular weight is 475 g/mol. The maximum Gasteiger partial charge on any atom is 0.230 e. The van der Waals surface area contributed by atoms with Crippen LogP contribution >= 0.6 is 22.9 Å². The quantitative estimate of drug-likeness (QED) is 0.365. The number of hydrogen-bond acceptors (Lipinski definition) is 6. The molecule has 160 valence electrons. The standard InChI is InChI=1S/C22H19ClN2O4S2/c1-15-4-7-18(8-5-15)31(27,28)12-10-21(26)25(14-17-3-2-11-29-17)22-24-19-9-6-16(23)13-20(19)30-22/h2-9,11,13H,10,12,14H2,1H3. The summed E-state index contributed by atoms with van der Waals surface area (Å²) in [6, 6.07) is 15.4. The number of nitrogens with zero attached hydrogens (tertiary/aromatic N) is 2. The first-order valence-corrected chi connectivity index (χ1v) is 12.3. The van der Waals surface area contributed by atoms with Crippen molar-refractivity contribution in [2.45, 2.75) is 24.8 Å². The van der Waals surface area contributed by atoms with Crippen molar-refractivity contribution in [3.63, 3.8) is 0 Å². The zero-order chi connectivity index (χ0) is 22.0. The van der Waals surface area contributed by atoms with E-state index in [-0.39, 0.29) is 29.5 Å². The molecule has 0 bridgehead atoms. The third-order valence-corrected chi connectivity index (χ3v) is 7.74. The highest BCUT2D eigenvalue weighted by molar-refractivity contribution is 7.91. The number of carbonyl (C=O) groups excluding carboxylic acids is 1. The van der Waals surface area contributed by atoms with E-state index < -0.39 is 9.84 Å². The van der Waals surface area contributed by atoms with Crippen LogP contribution in [0.1, 0.15) is 17.7 Å². The number of carbonyl (C=O) groups is 1. The summed E-state index contributed by atoms with van der Waals surface area (Å²) in [7, 11) is -3.59. The van der Waals surface area contributed by atoms with Gasteiger partial charge >= 0.3 is 0 Å². The van der Waals surface area contributed by atoms with Crippen molar-refractivity contribution < 1.29 is 17.6 Å². The van der Waals surface area contributed by atoms with Crippen LogP contribution in [0.3, 0.4) is 0 Å². The van der Waals surface area contributed by atoms with Crippen LogP contribution in [0.5, 0.6) is 0 Å². The predicted octanol–water partition coefficient (Wildman–Crippen LogP) is 5.25. The summed E-state index contributed by atoms with van der Waals surface area (Å²) in [5.41, 5.74) is 1.68. The first-order chi connectivity index (χ1) is 14.8. The number of amides is 1. The summed E-state index contributed by atoms with van der Waals surface area (Å²) < 4.78 is 31.6. The predicted molar refractivity (Wildman–Crippen MR) is 122 cm³/mol. The van der Waals surface area contributed by atoms with Crippen LogP contribution in [0.4, 0.5) is 5.13 Å². The largest absolute Gasteiger partial charge is 0.467 e. The highest BCUT2D eigenvalue weighted by Crippen LogP contribution is 2.32. The molecule has 0 aliphatic carbocycles. The fraction of sp³-hybridized carbons (Fsp3) is 0.182. The molecule has 9 heteroatoms. The van der Waals surface area contributed by atoms with Crippen LogP contribution in [0.25, 0.3) is 10.2 Å². The van der Waals surface area contributed by atoms with E-state index >= 15 is 0 Å². The summed E-state index contributed by atoms with van der Waals surface area (Å²) in [6.45, 7) is 2.04. The molecule has 4 aromatic rings. The number of furan rings is 1. The van der Waals surface area contributed by atoms with Gasteiger partial charge in [0.05, 0.1) is 33.7 Å². The maximum atomic E-state index is 13.1. The Balaban J connectivity index is 1.58. The van der Waals surface area contributed by atoms with Crippen molar-refractivity contribution in [2.75, 3.05) is 10.7 Å². The van der Waals surface area contributed by atoms with Gasteiger partial charge in [-0.3, -0.25) is 9.69 Å². The summed E-state index contributed by atoms with van der Waals surface area (Å²) >= 11 is 7.39. The van der Waals surface area contributed by atoms with Crippen LogP contribution in [-0.4, -0.2) is 25.1 Å². The molecule has 0 radical (unpaired) electrons. The lowest BCUT2D eigenvalue weighted by Gasteiger charge is -2.18. The van der Waals surface area contributed by atoms with Gasteiger partial charge < -0.3 is 4.42 Å². The lowest BCUT2D eigenvalue weighted by atomic mass is 10.2. The third-order valence-electron chi connectivity index (χ3n) is 4.73. The molecular weight excluding hydrogens is 456 g/mol. The molecule has 0 atom stereocenters. The number of aromatic nitrogens is 1. The molecule has 0 N–H and O–H groups in total. The Morgan fingerprint density at radius 2 is 1.94 bits per heavy atom. The monoisotopic (exact) mass is 474 g/mol. The topological polar surface area (TPSA) is 80.5 Å². The SMILES string of the molecule is Cc1ccc(S(=O)(=O)CCC(=O)N(Cc2ccco2)c2nc3ccc(Cl)cc3s2)cc1. The number of sulfone groups is 1. The molecule has 2 aromatic carbocycles. The van der Waals surface area contributed by atoms with Gasteiger partial charge in [0.1, 0.15) is 5.76 Å². The Morgan fingerprint density at radius 1 is 1.16 bits per heavy atom. The molecule has 0 unspecified atom stereocenters. The molecule has 31 heavy (non-hydrogen) atoms.